The Labute approximate surface area is 129 Å². The van der Waals surface area contributed by atoms with Crippen molar-refractivity contribution in [1.29, 1.82) is 0 Å². The SMILES string of the molecule is Cc1ccc2nc(SCC(=O)N3CCCCCC3)[nH]c2c1. The van der Waals surface area contributed by atoms with Crippen LogP contribution >= 0.6 is 11.8 Å². The number of benzene rings is 1. The van der Waals surface area contributed by atoms with E-state index in [1.807, 2.05) is 11.0 Å². The molecule has 1 saturated heterocycles. The average Bonchev–Trinajstić information content (AvgIpc) is 2.69. The van der Waals surface area contributed by atoms with Crippen LogP contribution in [0.2, 0.25) is 0 Å². The highest BCUT2D eigenvalue weighted by Gasteiger charge is 2.16. The molecule has 1 aliphatic rings. The monoisotopic (exact) mass is 303 g/mol. The highest BCUT2D eigenvalue weighted by molar-refractivity contribution is 7.99. The lowest BCUT2D eigenvalue weighted by Gasteiger charge is -2.19. The molecule has 0 saturated carbocycles. The van der Waals surface area contributed by atoms with Gasteiger partial charge < -0.3 is 9.88 Å². The Morgan fingerprint density at radius 2 is 2.05 bits per heavy atom. The van der Waals surface area contributed by atoms with E-state index in [0.29, 0.717) is 5.75 Å². The second kappa shape index (κ2) is 6.52. The number of aromatic amines is 1. The zero-order valence-electron chi connectivity index (χ0n) is 12.4. The number of hydrogen-bond acceptors (Lipinski definition) is 3. The van der Waals surface area contributed by atoms with Crippen LogP contribution in [-0.4, -0.2) is 39.6 Å². The highest BCUT2D eigenvalue weighted by Crippen LogP contribution is 2.21. The van der Waals surface area contributed by atoms with Crippen molar-refractivity contribution in [2.75, 3.05) is 18.8 Å². The minimum atomic E-state index is 0.235. The fraction of sp³-hybridized carbons (Fsp3) is 0.500. The predicted octanol–water partition coefficient (Wildman–Crippen LogP) is 3.37. The van der Waals surface area contributed by atoms with E-state index in [9.17, 15) is 4.79 Å². The van der Waals surface area contributed by atoms with Gasteiger partial charge in [0.2, 0.25) is 5.91 Å². The first-order chi connectivity index (χ1) is 10.2. The lowest BCUT2D eigenvalue weighted by atomic mass is 10.2. The quantitative estimate of drug-likeness (QED) is 0.885. The van der Waals surface area contributed by atoms with Crippen molar-refractivity contribution in [2.24, 2.45) is 0 Å². The summed E-state index contributed by atoms with van der Waals surface area (Å²) in [5.74, 6) is 0.706. The summed E-state index contributed by atoms with van der Waals surface area (Å²) in [5, 5.41) is 0.832. The van der Waals surface area contributed by atoms with Gasteiger partial charge >= 0.3 is 0 Å². The molecule has 112 valence electrons. The van der Waals surface area contributed by atoms with E-state index >= 15 is 0 Å². The van der Waals surface area contributed by atoms with Gasteiger partial charge in [0.15, 0.2) is 5.16 Å². The van der Waals surface area contributed by atoms with Crippen LogP contribution in [0, 0.1) is 6.92 Å². The Bertz CT molecular complexity index is 629. The number of likely N-dealkylation sites (tertiary alicyclic amines) is 1. The minimum Gasteiger partial charge on any atom is -0.342 e. The topological polar surface area (TPSA) is 49.0 Å². The third-order valence-electron chi connectivity index (χ3n) is 3.91. The number of carbonyl (C=O) groups is 1. The molecule has 21 heavy (non-hydrogen) atoms. The van der Waals surface area contributed by atoms with Crippen molar-refractivity contribution in [3.63, 3.8) is 0 Å². The number of hydrogen-bond donors (Lipinski definition) is 1. The van der Waals surface area contributed by atoms with Crippen LogP contribution < -0.4 is 0 Å². The zero-order valence-corrected chi connectivity index (χ0v) is 13.2. The number of carbonyl (C=O) groups excluding carboxylic acids is 1. The maximum Gasteiger partial charge on any atom is 0.233 e. The summed E-state index contributed by atoms with van der Waals surface area (Å²) in [4.78, 5) is 22.1. The number of rotatable bonds is 3. The van der Waals surface area contributed by atoms with Crippen LogP contribution in [0.1, 0.15) is 31.2 Å². The third-order valence-corrected chi connectivity index (χ3v) is 4.76. The van der Waals surface area contributed by atoms with Crippen LogP contribution in [-0.2, 0) is 4.79 Å². The van der Waals surface area contributed by atoms with E-state index in [-0.39, 0.29) is 5.91 Å². The molecule has 0 bridgehead atoms. The fourth-order valence-electron chi connectivity index (χ4n) is 2.71. The van der Waals surface area contributed by atoms with Gasteiger partial charge in [-0.25, -0.2) is 4.98 Å². The lowest BCUT2D eigenvalue weighted by Crippen LogP contribution is -2.33. The van der Waals surface area contributed by atoms with Gasteiger partial charge in [0.05, 0.1) is 16.8 Å². The molecule has 5 heteroatoms. The largest absolute Gasteiger partial charge is 0.342 e. The molecule has 2 heterocycles. The summed E-state index contributed by atoms with van der Waals surface area (Å²) in [5.41, 5.74) is 3.22. The molecule has 4 nitrogen and oxygen atoms in total. The van der Waals surface area contributed by atoms with Gasteiger partial charge in [-0.15, -0.1) is 0 Å². The van der Waals surface area contributed by atoms with Crippen molar-refractivity contribution in [1.82, 2.24) is 14.9 Å². The first-order valence-corrected chi connectivity index (χ1v) is 8.58. The average molecular weight is 303 g/mol. The first-order valence-electron chi connectivity index (χ1n) is 7.59. The second-order valence-corrected chi connectivity index (χ2v) is 6.61. The van der Waals surface area contributed by atoms with E-state index < -0.39 is 0 Å². The van der Waals surface area contributed by atoms with Gasteiger partial charge in [0.1, 0.15) is 0 Å². The van der Waals surface area contributed by atoms with Crippen LogP contribution in [0.25, 0.3) is 11.0 Å². The number of aromatic nitrogens is 2. The molecule has 1 aromatic carbocycles. The van der Waals surface area contributed by atoms with E-state index in [1.54, 1.807) is 0 Å². The third kappa shape index (κ3) is 3.59. The second-order valence-electron chi connectivity index (χ2n) is 5.65. The Morgan fingerprint density at radius 3 is 2.81 bits per heavy atom. The maximum absolute atomic E-state index is 12.3. The van der Waals surface area contributed by atoms with Crippen LogP contribution in [0.3, 0.4) is 0 Å². The number of nitrogens with zero attached hydrogens (tertiary/aromatic N) is 2. The summed E-state index contributed by atoms with van der Waals surface area (Å²) < 4.78 is 0. The lowest BCUT2D eigenvalue weighted by molar-refractivity contribution is -0.128. The maximum atomic E-state index is 12.3. The zero-order chi connectivity index (χ0) is 14.7. The van der Waals surface area contributed by atoms with Gasteiger partial charge in [-0.3, -0.25) is 4.79 Å². The number of thioether (sulfide) groups is 1. The molecule has 0 aliphatic carbocycles. The van der Waals surface area contributed by atoms with Crippen LogP contribution in [0.5, 0.6) is 0 Å². The molecule has 0 radical (unpaired) electrons. The molecule has 2 aromatic rings. The van der Waals surface area contributed by atoms with Crippen LogP contribution in [0.4, 0.5) is 0 Å². The number of amides is 1. The number of H-pyrrole nitrogens is 1. The highest BCUT2D eigenvalue weighted by atomic mass is 32.2. The molecular formula is C16H21N3OS. The molecule has 1 aromatic heterocycles. The van der Waals surface area contributed by atoms with Crippen molar-refractivity contribution >= 4 is 28.7 Å². The van der Waals surface area contributed by atoms with Crippen LogP contribution in [0.15, 0.2) is 23.4 Å². The molecule has 0 spiro atoms. The van der Waals surface area contributed by atoms with E-state index in [0.717, 1.165) is 42.1 Å². The van der Waals surface area contributed by atoms with E-state index in [2.05, 4.69) is 29.0 Å². The van der Waals surface area contributed by atoms with Gasteiger partial charge in [0.25, 0.3) is 0 Å². The Kier molecular flexibility index (Phi) is 4.48. The van der Waals surface area contributed by atoms with Crippen molar-refractivity contribution in [2.45, 2.75) is 37.8 Å². The first kappa shape index (κ1) is 14.4. The number of aryl methyl sites for hydroxylation is 1. The smallest absolute Gasteiger partial charge is 0.233 e. The van der Waals surface area contributed by atoms with Gasteiger partial charge in [-0.05, 0) is 37.5 Å². The van der Waals surface area contributed by atoms with E-state index in [1.165, 1.54) is 30.2 Å². The molecule has 1 N–H and O–H groups in total. The number of imidazole rings is 1. The summed E-state index contributed by atoms with van der Waals surface area (Å²) in [6.45, 7) is 3.90. The summed E-state index contributed by atoms with van der Waals surface area (Å²) in [6.07, 6.45) is 4.78. The standard InChI is InChI=1S/C16H21N3OS/c1-12-6-7-13-14(10-12)18-16(17-13)21-11-15(20)19-8-4-2-3-5-9-19/h6-7,10H,2-5,8-9,11H2,1H3,(H,17,18). The Morgan fingerprint density at radius 1 is 1.29 bits per heavy atom. The Hall–Kier alpha value is -1.49. The number of fused-ring (bicyclic) bond motifs is 1. The summed E-state index contributed by atoms with van der Waals surface area (Å²) >= 11 is 1.50. The predicted molar refractivity (Wildman–Crippen MR) is 86.6 cm³/mol. The number of nitrogens with one attached hydrogen (secondary N) is 1. The molecule has 1 amide bonds. The van der Waals surface area contributed by atoms with Gasteiger partial charge in [0, 0.05) is 13.1 Å². The Balaban J connectivity index is 1.61. The molecule has 1 fully saturated rings. The molecule has 0 atom stereocenters. The summed E-state index contributed by atoms with van der Waals surface area (Å²) in [6, 6.07) is 6.16. The molecular weight excluding hydrogens is 282 g/mol. The van der Waals surface area contributed by atoms with E-state index in [4.69, 9.17) is 0 Å². The van der Waals surface area contributed by atoms with Crippen molar-refractivity contribution < 1.29 is 4.79 Å². The normalized spacial score (nSPS) is 16.1. The fourth-order valence-corrected chi connectivity index (χ4v) is 3.50. The molecule has 1 aliphatic heterocycles. The van der Waals surface area contributed by atoms with Gasteiger partial charge in [-0.1, -0.05) is 30.7 Å². The summed E-state index contributed by atoms with van der Waals surface area (Å²) in [7, 11) is 0. The van der Waals surface area contributed by atoms with Crippen molar-refractivity contribution in [3.8, 4) is 0 Å². The van der Waals surface area contributed by atoms with Gasteiger partial charge in [-0.2, -0.15) is 0 Å². The van der Waals surface area contributed by atoms with Crippen molar-refractivity contribution in [3.05, 3.63) is 23.8 Å². The minimum absolute atomic E-state index is 0.235. The molecule has 0 unspecified atom stereocenters. The molecule has 3 rings (SSSR count).